The summed E-state index contributed by atoms with van der Waals surface area (Å²) in [4.78, 5) is 35.6. The number of anilines is 1. The number of carbonyl (C=O) groups excluding carboxylic acids is 2. The quantitative estimate of drug-likeness (QED) is 0.275. The highest BCUT2D eigenvalue weighted by molar-refractivity contribution is 6.04. The van der Waals surface area contributed by atoms with Crippen LogP contribution in [0.5, 0.6) is 23.0 Å². The lowest BCUT2D eigenvalue weighted by Crippen LogP contribution is -2.35. The summed E-state index contributed by atoms with van der Waals surface area (Å²) in [6.45, 7) is 2.08. The van der Waals surface area contributed by atoms with E-state index in [1.807, 2.05) is 47.6 Å². The fourth-order valence-corrected chi connectivity index (χ4v) is 7.45. The van der Waals surface area contributed by atoms with Gasteiger partial charge in [0.1, 0.15) is 0 Å². The van der Waals surface area contributed by atoms with Gasteiger partial charge in [-0.15, -0.1) is 0 Å². The Labute approximate surface area is 285 Å². The van der Waals surface area contributed by atoms with Crippen molar-refractivity contribution >= 4 is 35.0 Å². The molecule has 0 aromatic heterocycles. The number of hydrogen-bond acceptors (Lipinski definition) is 9. The second kappa shape index (κ2) is 12.5. The highest BCUT2D eigenvalue weighted by Gasteiger charge is 2.53. The lowest BCUT2D eigenvalue weighted by Gasteiger charge is -2.21. The second-order valence-corrected chi connectivity index (χ2v) is 13.6. The molecule has 11 nitrogen and oxygen atoms in total. The number of hydrogen-bond donors (Lipinski definition) is 2. The molecule has 8 rings (SSSR count). The minimum atomic E-state index is -0.0989. The molecule has 1 saturated carbocycles. The zero-order chi connectivity index (χ0) is 33.7. The topological polar surface area (TPSA) is 122 Å². The maximum absolute atomic E-state index is 13.7. The summed E-state index contributed by atoms with van der Waals surface area (Å²) >= 11 is 0. The zero-order valence-electron chi connectivity index (χ0n) is 27.7. The largest absolute Gasteiger partial charge is 0.493 e. The summed E-state index contributed by atoms with van der Waals surface area (Å²) in [7, 11) is 3.13. The molecule has 4 heterocycles. The lowest BCUT2D eigenvalue weighted by atomic mass is 10.0. The summed E-state index contributed by atoms with van der Waals surface area (Å²) in [6.07, 6.45) is 8.49. The number of aliphatic hydroxyl groups excluding tert-OH is 1. The highest BCUT2D eigenvalue weighted by Crippen LogP contribution is 2.55. The Morgan fingerprint density at radius 2 is 1.63 bits per heavy atom. The van der Waals surface area contributed by atoms with Gasteiger partial charge in [-0.3, -0.25) is 14.6 Å². The molecular weight excluding hydrogens is 624 g/mol. The van der Waals surface area contributed by atoms with Crippen molar-refractivity contribution in [2.24, 2.45) is 10.4 Å². The Bertz CT molecular complexity index is 1870. The number of aliphatic hydroxyl groups is 1. The van der Waals surface area contributed by atoms with Crippen molar-refractivity contribution in [3.63, 3.8) is 0 Å². The van der Waals surface area contributed by atoms with Crippen LogP contribution in [0.3, 0.4) is 0 Å². The number of amides is 2. The van der Waals surface area contributed by atoms with Crippen LogP contribution < -0.4 is 24.3 Å². The molecule has 1 saturated heterocycles. The molecule has 49 heavy (non-hydrogen) atoms. The van der Waals surface area contributed by atoms with Gasteiger partial charge in [0, 0.05) is 44.1 Å². The molecule has 0 radical (unpaired) electrons. The van der Waals surface area contributed by atoms with Crippen molar-refractivity contribution in [3.8, 4) is 23.0 Å². The van der Waals surface area contributed by atoms with Gasteiger partial charge >= 0.3 is 0 Å². The molecule has 1 spiro atoms. The fraction of sp³-hybridized carbons (Fsp3) is 0.395. The fourth-order valence-electron chi connectivity index (χ4n) is 7.45. The van der Waals surface area contributed by atoms with Crippen LogP contribution in [0.25, 0.3) is 5.57 Å². The Balaban J connectivity index is 0.910. The number of ether oxygens (including phenoxy) is 4. The standard InChI is InChI=1S/C38H40N4O7/c1-46-32-13-28-30(39-18-26-12-25(20-41(26)36(28)44)24-6-4-23(21-43)5-7-24)15-34(32)48-10-3-11-49-35-16-31-29(14-33(35)47-2)37(45)42-22-38(8-9-38)17-27(42)19-40-31/h4-7,13-16,19-20,26-27,39,43H,3,8-12,17-18,21-22H2,1-2H3/t26?,27-/m0/s1. The molecule has 254 valence electrons. The SMILES string of the molecule is COc1cc2c(cc1OCCCOc1cc3c(cc1OC)C(=O)N1C=C(c4ccc(CO)cc4)CC1CN3)N=C[C@@H]1CC3(CC3)CN1C2=O. The van der Waals surface area contributed by atoms with Crippen molar-refractivity contribution in [2.75, 3.05) is 45.8 Å². The van der Waals surface area contributed by atoms with E-state index in [1.54, 1.807) is 37.3 Å². The smallest absolute Gasteiger partial charge is 0.260 e. The van der Waals surface area contributed by atoms with Gasteiger partial charge < -0.3 is 39.2 Å². The summed E-state index contributed by atoms with van der Waals surface area (Å²) in [5.41, 5.74) is 5.63. The number of methoxy groups -OCH3 is 2. The summed E-state index contributed by atoms with van der Waals surface area (Å²) in [6, 6.07) is 14.9. The van der Waals surface area contributed by atoms with Crippen molar-refractivity contribution in [1.82, 2.24) is 9.80 Å². The molecule has 2 fully saturated rings. The normalized spacial score (nSPS) is 21.2. The molecule has 2 amide bonds. The predicted molar refractivity (Wildman–Crippen MR) is 184 cm³/mol. The zero-order valence-corrected chi connectivity index (χ0v) is 27.7. The summed E-state index contributed by atoms with van der Waals surface area (Å²) < 4.78 is 23.5. The first-order valence-corrected chi connectivity index (χ1v) is 16.9. The monoisotopic (exact) mass is 664 g/mol. The molecule has 1 unspecified atom stereocenters. The van der Waals surface area contributed by atoms with Crippen LogP contribution in [0.15, 0.2) is 59.7 Å². The molecule has 2 atom stereocenters. The number of nitrogens with one attached hydrogen (secondary N) is 1. The van der Waals surface area contributed by atoms with Gasteiger partial charge in [-0.25, -0.2) is 0 Å². The predicted octanol–water partition coefficient (Wildman–Crippen LogP) is 5.44. The molecule has 3 aromatic carbocycles. The summed E-state index contributed by atoms with van der Waals surface area (Å²) in [5.74, 6) is 1.92. The van der Waals surface area contributed by atoms with E-state index in [-0.39, 0.29) is 30.5 Å². The van der Waals surface area contributed by atoms with E-state index >= 15 is 0 Å². The van der Waals surface area contributed by atoms with Crippen LogP contribution in [0.1, 0.15) is 63.9 Å². The highest BCUT2D eigenvalue weighted by atomic mass is 16.5. The van der Waals surface area contributed by atoms with Gasteiger partial charge in [0.05, 0.1) is 68.6 Å². The first-order valence-electron chi connectivity index (χ1n) is 16.9. The molecular formula is C38H40N4O7. The van der Waals surface area contributed by atoms with Crippen molar-refractivity contribution in [2.45, 2.75) is 50.8 Å². The van der Waals surface area contributed by atoms with Crippen LogP contribution in [0, 0.1) is 5.41 Å². The number of fused-ring (bicyclic) bond motifs is 4. The van der Waals surface area contributed by atoms with Gasteiger partial charge in [-0.2, -0.15) is 0 Å². The Hall–Kier alpha value is -5.03. The first-order chi connectivity index (χ1) is 23.9. The second-order valence-electron chi connectivity index (χ2n) is 13.6. The number of benzene rings is 3. The number of carbonyl (C=O) groups is 2. The molecule has 0 bridgehead atoms. The maximum atomic E-state index is 13.7. The van der Waals surface area contributed by atoms with Gasteiger partial charge in [0.25, 0.3) is 11.8 Å². The third kappa shape index (κ3) is 5.75. The van der Waals surface area contributed by atoms with Crippen LogP contribution in [-0.4, -0.2) is 85.5 Å². The average molecular weight is 665 g/mol. The number of nitrogens with zero attached hydrogens (tertiary/aromatic N) is 3. The van der Waals surface area contributed by atoms with Crippen LogP contribution in [0.4, 0.5) is 11.4 Å². The van der Waals surface area contributed by atoms with E-state index in [1.165, 1.54) is 12.8 Å². The summed E-state index contributed by atoms with van der Waals surface area (Å²) in [5, 5.41) is 12.8. The number of aliphatic imine (C=N–C) groups is 1. The number of rotatable bonds is 10. The minimum absolute atomic E-state index is 0.00127. The van der Waals surface area contributed by atoms with Crippen molar-refractivity contribution < 1.29 is 33.6 Å². The van der Waals surface area contributed by atoms with Crippen LogP contribution in [0.2, 0.25) is 0 Å². The molecule has 11 heteroatoms. The molecule has 3 aromatic rings. The van der Waals surface area contributed by atoms with Gasteiger partial charge in [-0.05, 0) is 59.9 Å². The van der Waals surface area contributed by atoms with E-state index in [2.05, 4.69) is 5.32 Å². The van der Waals surface area contributed by atoms with Crippen LogP contribution in [-0.2, 0) is 6.61 Å². The van der Waals surface area contributed by atoms with E-state index < -0.39 is 0 Å². The minimum Gasteiger partial charge on any atom is -0.493 e. The van der Waals surface area contributed by atoms with E-state index in [0.717, 1.165) is 36.1 Å². The molecule has 4 aliphatic heterocycles. The van der Waals surface area contributed by atoms with Crippen molar-refractivity contribution in [3.05, 3.63) is 77.0 Å². The Morgan fingerprint density at radius 3 is 2.33 bits per heavy atom. The third-order valence-corrected chi connectivity index (χ3v) is 10.4. The van der Waals surface area contributed by atoms with Gasteiger partial charge in [0.2, 0.25) is 0 Å². The lowest BCUT2D eigenvalue weighted by molar-refractivity contribution is 0.0765. The van der Waals surface area contributed by atoms with Crippen LogP contribution >= 0.6 is 0 Å². The molecule has 1 aliphatic carbocycles. The average Bonchev–Trinajstić information content (AvgIpc) is 3.66. The first kappa shape index (κ1) is 31.3. The Morgan fingerprint density at radius 1 is 0.918 bits per heavy atom. The van der Waals surface area contributed by atoms with Crippen molar-refractivity contribution in [1.29, 1.82) is 0 Å². The molecule has 5 aliphatic rings. The van der Waals surface area contributed by atoms with Gasteiger partial charge in [-0.1, -0.05) is 24.3 Å². The van der Waals surface area contributed by atoms with E-state index in [0.29, 0.717) is 77.1 Å². The van der Waals surface area contributed by atoms with E-state index in [9.17, 15) is 14.7 Å². The Kier molecular flexibility index (Phi) is 7.94. The third-order valence-electron chi connectivity index (χ3n) is 10.4. The maximum Gasteiger partial charge on any atom is 0.260 e. The van der Waals surface area contributed by atoms with Gasteiger partial charge in [0.15, 0.2) is 23.0 Å². The van der Waals surface area contributed by atoms with E-state index in [4.69, 9.17) is 23.9 Å². The molecule has 2 N–H and O–H groups in total.